The van der Waals surface area contributed by atoms with Crippen molar-refractivity contribution in [3.63, 3.8) is 0 Å². The Kier molecular flexibility index (Phi) is 3.14. The fourth-order valence-corrected chi connectivity index (χ4v) is 2.65. The van der Waals surface area contributed by atoms with Crippen LogP contribution in [0.25, 0.3) is 0 Å². The van der Waals surface area contributed by atoms with Gasteiger partial charge >= 0.3 is 5.97 Å². The number of carbonyl (C=O) groups excluding carboxylic acids is 1. The number of carboxylic acid groups (broad SMARTS) is 1. The average Bonchev–Trinajstić information content (AvgIpc) is 2.26. The number of carbonyl (C=O) groups is 2. The summed E-state index contributed by atoms with van der Waals surface area (Å²) in [5, 5.41) is 11.1. The van der Waals surface area contributed by atoms with Gasteiger partial charge in [0.2, 0.25) is 5.91 Å². The van der Waals surface area contributed by atoms with Crippen molar-refractivity contribution in [3.05, 3.63) is 24.3 Å². The molecule has 0 aliphatic carbocycles. The Morgan fingerprint density at radius 3 is 2.94 bits per heavy atom. The molecular formula is C11H11NO3S. The van der Waals surface area contributed by atoms with Crippen molar-refractivity contribution in [2.24, 2.45) is 0 Å². The number of nitrogens with one attached hydrogen (secondary N) is 1. The summed E-state index contributed by atoms with van der Waals surface area (Å²) < 4.78 is 0. The summed E-state index contributed by atoms with van der Waals surface area (Å²) in [6.45, 7) is 0. The molecule has 1 aromatic carbocycles. The van der Waals surface area contributed by atoms with Crippen molar-refractivity contribution < 1.29 is 14.7 Å². The molecule has 1 aliphatic heterocycles. The summed E-state index contributed by atoms with van der Waals surface area (Å²) in [6, 6.07) is 7.52. The van der Waals surface area contributed by atoms with Crippen LogP contribution in [0.1, 0.15) is 12.8 Å². The first-order chi connectivity index (χ1) is 7.66. The summed E-state index contributed by atoms with van der Waals surface area (Å²) >= 11 is 1.43. The normalized spacial score (nSPS) is 18.8. The van der Waals surface area contributed by atoms with Crippen molar-refractivity contribution in [1.82, 2.24) is 0 Å². The molecule has 1 heterocycles. The lowest BCUT2D eigenvalue weighted by molar-refractivity contribution is -0.137. The summed E-state index contributed by atoms with van der Waals surface area (Å²) in [6.07, 6.45) is 0.382. The highest BCUT2D eigenvalue weighted by Crippen LogP contribution is 2.36. The number of anilines is 1. The maximum atomic E-state index is 11.6. The van der Waals surface area contributed by atoms with E-state index in [0.29, 0.717) is 6.42 Å². The minimum absolute atomic E-state index is 0.0211. The Hall–Kier alpha value is -1.49. The number of amides is 1. The van der Waals surface area contributed by atoms with Crippen molar-refractivity contribution in [1.29, 1.82) is 0 Å². The van der Waals surface area contributed by atoms with Crippen LogP contribution >= 0.6 is 11.8 Å². The molecule has 1 aromatic rings. The summed E-state index contributed by atoms with van der Waals surface area (Å²) in [4.78, 5) is 23.1. The van der Waals surface area contributed by atoms with Crippen molar-refractivity contribution in [3.8, 4) is 0 Å². The molecule has 0 unspecified atom stereocenters. The Morgan fingerprint density at radius 2 is 2.19 bits per heavy atom. The second kappa shape index (κ2) is 4.57. The minimum atomic E-state index is -0.868. The molecule has 1 aliphatic rings. The molecule has 0 saturated heterocycles. The van der Waals surface area contributed by atoms with Gasteiger partial charge < -0.3 is 10.4 Å². The summed E-state index contributed by atoms with van der Waals surface area (Å²) in [7, 11) is 0. The molecule has 0 bridgehead atoms. The SMILES string of the molecule is O=C(O)CC[C@H]1Sc2ccccc2NC1=O. The Balaban J connectivity index is 2.09. The van der Waals surface area contributed by atoms with Gasteiger partial charge in [0.25, 0.3) is 0 Å². The van der Waals surface area contributed by atoms with Crippen LogP contribution in [0.4, 0.5) is 5.69 Å². The maximum Gasteiger partial charge on any atom is 0.303 e. The number of hydrogen-bond donors (Lipinski definition) is 2. The minimum Gasteiger partial charge on any atom is -0.481 e. The molecule has 2 N–H and O–H groups in total. The van der Waals surface area contributed by atoms with Gasteiger partial charge in [-0.15, -0.1) is 11.8 Å². The van der Waals surface area contributed by atoms with E-state index in [0.717, 1.165) is 10.6 Å². The quantitative estimate of drug-likeness (QED) is 0.843. The monoisotopic (exact) mass is 237 g/mol. The van der Waals surface area contributed by atoms with Gasteiger partial charge in [-0.25, -0.2) is 0 Å². The molecule has 1 amide bonds. The smallest absolute Gasteiger partial charge is 0.303 e. The number of fused-ring (bicyclic) bond motifs is 1. The van der Waals surface area contributed by atoms with E-state index < -0.39 is 5.97 Å². The lowest BCUT2D eigenvalue weighted by Crippen LogP contribution is -2.29. The molecule has 5 heteroatoms. The van der Waals surface area contributed by atoms with Crippen molar-refractivity contribution in [2.75, 3.05) is 5.32 Å². The van der Waals surface area contributed by atoms with Gasteiger partial charge in [-0.05, 0) is 18.6 Å². The highest BCUT2D eigenvalue weighted by molar-refractivity contribution is 8.01. The van der Waals surface area contributed by atoms with Crippen LogP contribution in [0.15, 0.2) is 29.2 Å². The second-order valence-corrected chi connectivity index (χ2v) is 4.77. The third-order valence-electron chi connectivity index (χ3n) is 2.33. The van der Waals surface area contributed by atoms with Crippen molar-refractivity contribution in [2.45, 2.75) is 23.0 Å². The van der Waals surface area contributed by atoms with E-state index in [4.69, 9.17) is 5.11 Å². The lowest BCUT2D eigenvalue weighted by Gasteiger charge is -2.23. The highest BCUT2D eigenvalue weighted by Gasteiger charge is 2.26. The van der Waals surface area contributed by atoms with Gasteiger partial charge in [-0.3, -0.25) is 9.59 Å². The first-order valence-electron chi connectivity index (χ1n) is 4.95. The average molecular weight is 237 g/mol. The molecule has 84 valence electrons. The molecule has 16 heavy (non-hydrogen) atoms. The predicted octanol–water partition coefficient (Wildman–Crippen LogP) is 1.96. The highest BCUT2D eigenvalue weighted by atomic mass is 32.2. The lowest BCUT2D eigenvalue weighted by atomic mass is 10.2. The largest absolute Gasteiger partial charge is 0.481 e. The molecule has 0 fully saturated rings. The van der Waals surface area contributed by atoms with E-state index in [1.54, 1.807) is 0 Å². The van der Waals surface area contributed by atoms with Crippen LogP contribution < -0.4 is 5.32 Å². The molecule has 1 atom stereocenters. The Labute approximate surface area is 97.0 Å². The zero-order valence-corrected chi connectivity index (χ0v) is 9.29. The number of hydrogen-bond acceptors (Lipinski definition) is 3. The predicted molar refractivity (Wildman–Crippen MR) is 61.6 cm³/mol. The first kappa shape index (κ1) is 11.0. The molecule has 4 nitrogen and oxygen atoms in total. The van der Waals surface area contributed by atoms with E-state index in [2.05, 4.69) is 5.32 Å². The zero-order valence-electron chi connectivity index (χ0n) is 8.47. The molecular weight excluding hydrogens is 226 g/mol. The van der Waals surface area contributed by atoms with Crippen LogP contribution in [0.5, 0.6) is 0 Å². The van der Waals surface area contributed by atoms with Gasteiger partial charge in [-0.2, -0.15) is 0 Å². The Bertz CT molecular complexity index is 433. The fourth-order valence-electron chi connectivity index (χ4n) is 1.54. The maximum absolute atomic E-state index is 11.6. The van der Waals surface area contributed by atoms with Crippen LogP contribution in [0.3, 0.4) is 0 Å². The van der Waals surface area contributed by atoms with E-state index in [1.807, 2.05) is 24.3 Å². The molecule has 0 radical (unpaired) electrons. The Morgan fingerprint density at radius 1 is 1.44 bits per heavy atom. The standard InChI is InChI=1S/C11H11NO3S/c13-10(14)6-5-9-11(15)12-7-3-1-2-4-8(7)16-9/h1-4,9H,5-6H2,(H,12,15)(H,13,14)/t9-/m1/s1. The zero-order chi connectivity index (χ0) is 11.5. The number of para-hydroxylation sites is 1. The van der Waals surface area contributed by atoms with E-state index >= 15 is 0 Å². The van der Waals surface area contributed by atoms with Crippen LogP contribution in [0, 0.1) is 0 Å². The third-order valence-corrected chi connectivity index (χ3v) is 3.67. The van der Waals surface area contributed by atoms with Gasteiger partial charge in [0.15, 0.2) is 0 Å². The molecule has 0 aromatic heterocycles. The summed E-state index contributed by atoms with van der Waals surface area (Å²) in [5.41, 5.74) is 0.809. The van der Waals surface area contributed by atoms with E-state index in [1.165, 1.54) is 11.8 Å². The first-order valence-corrected chi connectivity index (χ1v) is 5.83. The van der Waals surface area contributed by atoms with Gasteiger partial charge in [0.1, 0.15) is 0 Å². The van der Waals surface area contributed by atoms with Crippen LogP contribution in [-0.4, -0.2) is 22.2 Å². The number of benzene rings is 1. The molecule has 2 rings (SSSR count). The molecule has 0 spiro atoms. The number of carboxylic acids is 1. The number of aliphatic carboxylic acids is 1. The van der Waals surface area contributed by atoms with Gasteiger partial charge in [0, 0.05) is 11.3 Å². The van der Waals surface area contributed by atoms with Gasteiger partial charge in [-0.1, -0.05) is 12.1 Å². The second-order valence-electron chi connectivity index (χ2n) is 3.52. The van der Waals surface area contributed by atoms with E-state index in [9.17, 15) is 9.59 Å². The number of thioether (sulfide) groups is 1. The topological polar surface area (TPSA) is 66.4 Å². The van der Waals surface area contributed by atoms with E-state index in [-0.39, 0.29) is 17.6 Å². The van der Waals surface area contributed by atoms with Gasteiger partial charge in [0.05, 0.1) is 10.9 Å². The van der Waals surface area contributed by atoms with Crippen LogP contribution in [-0.2, 0) is 9.59 Å². The van der Waals surface area contributed by atoms with Crippen LogP contribution in [0.2, 0.25) is 0 Å². The third kappa shape index (κ3) is 2.36. The van der Waals surface area contributed by atoms with Crippen molar-refractivity contribution >= 4 is 29.3 Å². The summed E-state index contributed by atoms with van der Waals surface area (Å²) in [5.74, 6) is -0.975. The molecule has 0 saturated carbocycles. The number of rotatable bonds is 3. The fraction of sp³-hybridized carbons (Fsp3) is 0.273.